The standard InChI is InChI=1S/C13H19NO4/c1-4-7-14(9-13(15)16)11-6-5-10(17-2)8-12(11)18-3/h5-6,8H,4,7,9H2,1-3H3,(H,15,16). The summed E-state index contributed by atoms with van der Waals surface area (Å²) >= 11 is 0. The summed E-state index contributed by atoms with van der Waals surface area (Å²) in [6.07, 6.45) is 0.864. The lowest BCUT2D eigenvalue weighted by molar-refractivity contribution is -0.135. The summed E-state index contributed by atoms with van der Waals surface area (Å²) in [7, 11) is 3.14. The quantitative estimate of drug-likeness (QED) is 0.805. The Hall–Kier alpha value is -1.91. The first-order valence-corrected chi connectivity index (χ1v) is 5.81. The van der Waals surface area contributed by atoms with Crippen LogP contribution in [0.1, 0.15) is 13.3 Å². The molecule has 1 rings (SSSR count). The molecule has 1 aromatic rings. The lowest BCUT2D eigenvalue weighted by Crippen LogP contribution is -2.30. The lowest BCUT2D eigenvalue weighted by Gasteiger charge is -2.24. The van der Waals surface area contributed by atoms with Gasteiger partial charge in [-0.2, -0.15) is 0 Å². The Morgan fingerprint density at radius 2 is 2.06 bits per heavy atom. The minimum Gasteiger partial charge on any atom is -0.497 e. The molecule has 0 aliphatic rings. The third kappa shape index (κ3) is 3.55. The van der Waals surface area contributed by atoms with E-state index in [0.717, 1.165) is 12.1 Å². The van der Waals surface area contributed by atoms with Crippen LogP contribution >= 0.6 is 0 Å². The van der Waals surface area contributed by atoms with Crippen LogP contribution in [0, 0.1) is 0 Å². The van der Waals surface area contributed by atoms with Gasteiger partial charge >= 0.3 is 5.97 Å². The van der Waals surface area contributed by atoms with E-state index in [0.29, 0.717) is 18.0 Å². The maximum Gasteiger partial charge on any atom is 0.323 e. The van der Waals surface area contributed by atoms with Crippen molar-refractivity contribution >= 4 is 11.7 Å². The van der Waals surface area contributed by atoms with E-state index in [-0.39, 0.29) is 6.54 Å². The number of rotatable bonds is 7. The van der Waals surface area contributed by atoms with E-state index in [1.54, 1.807) is 31.3 Å². The Labute approximate surface area is 107 Å². The molecule has 0 atom stereocenters. The zero-order valence-corrected chi connectivity index (χ0v) is 11.0. The monoisotopic (exact) mass is 253 g/mol. The van der Waals surface area contributed by atoms with Gasteiger partial charge in [-0.05, 0) is 18.6 Å². The molecule has 1 aromatic carbocycles. The largest absolute Gasteiger partial charge is 0.497 e. The maximum absolute atomic E-state index is 10.9. The summed E-state index contributed by atoms with van der Waals surface area (Å²) in [5.74, 6) is 0.438. The minimum atomic E-state index is -0.860. The number of carbonyl (C=O) groups is 1. The molecule has 0 aromatic heterocycles. The molecular weight excluding hydrogens is 234 g/mol. The second-order valence-corrected chi connectivity index (χ2v) is 3.85. The van der Waals surface area contributed by atoms with Gasteiger partial charge in [-0.25, -0.2) is 0 Å². The topological polar surface area (TPSA) is 59.0 Å². The molecule has 0 bridgehead atoms. The van der Waals surface area contributed by atoms with Crippen molar-refractivity contribution in [3.05, 3.63) is 18.2 Å². The number of benzene rings is 1. The van der Waals surface area contributed by atoms with Gasteiger partial charge in [0.2, 0.25) is 0 Å². The smallest absolute Gasteiger partial charge is 0.323 e. The average molecular weight is 253 g/mol. The highest BCUT2D eigenvalue weighted by Crippen LogP contribution is 2.32. The SMILES string of the molecule is CCCN(CC(=O)O)c1ccc(OC)cc1OC. The van der Waals surface area contributed by atoms with Crippen molar-refractivity contribution < 1.29 is 19.4 Å². The Balaban J connectivity index is 3.05. The molecule has 5 heteroatoms. The number of carboxylic acids is 1. The van der Waals surface area contributed by atoms with Gasteiger partial charge in [-0.1, -0.05) is 6.92 Å². The van der Waals surface area contributed by atoms with Gasteiger partial charge in [0.15, 0.2) is 0 Å². The minimum absolute atomic E-state index is 0.0451. The number of anilines is 1. The lowest BCUT2D eigenvalue weighted by atomic mass is 10.2. The number of carboxylic acid groups (broad SMARTS) is 1. The fourth-order valence-corrected chi connectivity index (χ4v) is 1.76. The van der Waals surface area contributed by atoms with Crippen LogP contribution in [-0.2, 0) is 4.79 Å². The molecule has 0 saturated heterocycles. The average Bonchev–Trinajstić information content (AvgIpc) is 2.37. The van der Waals surface area contributed by atoms with E-state index in [1.165, 1.54) is 0 Å². The first-order chi connectivity index (χ1) is 8.62. The summed E-state index contributed by atoms with van der Waals surface area (Å²) in [5, 5.41) is 8.93. The van der Waals surface area contributed by atoms with E-state index in [2.05, 4.69) is 0 Å². The van der Waals surface area contributed by atoms with Crippen LogP contribution in [0.3, 0.4) is 0 Å². The molecule has 0 heterocycles. The third-order valence-electron chi connectivity index (χ3n) is 2.55. The van der Waals surface area contributed by atoms with E-state index < -0.39 is 5.97 Å². The van der Waals surface area contributed by atoms with E-state index in [4.69, 9.17) is 14.6 Å². The Morgan fingerprint density at radius 3 is 2.56 bits per heavy atom. The normalized spacial score (nSPS) is 9.94. The van der Waals surface area contributed by atoms with E-state index >= 15 is 0 Å². The highest BCUT2D eigenvalue weighted by Gasteiger charge is 2.15. The molecule has 0 radical (unpaired) electrons. The van der Waals surface area contributed by atoms with Crippen LogP contribution in [0.5, 0.6) is 11.5 Å². The summed E-state index contributed by atoms with van der Waals surface area (Å²) in [6.45, 7) is 2.62. The maximum atomic E-state index is 10.9. The Kier molecular flexibility index (Phi) is 5.30. The van der Waals surface area contributed by atoms with Gasteiger partial charge < -0.3 is 19.5 Å². The second kappa shape index (κ2) is 6.74. The summed E-state index contributed by atoms with van der Waals surface area (Å²) in [6, 6.07) is 5.36. The van der Waals surface area contributed by atoms with Gasteiger partial charge in [0.05, 0.1) is 19.9 Å². The van der Waals surface area contributed by atoms with Gasteiger partial charge in [0.1, 0.15) is 18.0 Å². The zero-order chi connectivity index (χ0) is 13.5. The zero-order valence-electron chi connectivity index (χ0n) is 11.0. The van der Waals surface area contributed by atoms with Crippen molar-refractivity contribution in [2.75, 3.05) is 32.2 Å². The molecule has 1 N–H and O–H groups in total. The first-order valence-electron chi connectivity index (χ1n) is 5.81. The van der Waals surface area contributed by atoms with Gasteiger partial charge in [0, 0.05) is 12.6 Å². The van der Waals surface area contributed by atoms with Gasteiger partial charge in [-0.15, -0.1) is 0 Å². The van der Waals surface area contributed by atoms with E-state index in [1.807, 2.05) is 13.0 Å². The summed E-state index contributed by atoms with van der Waals surface area (Å²) in [4.78, 5) is 12.7. The fraction of sp³-hybridized carbons (Fsp3) is 0.462. The highest BCUT2D eigenvalue weighted by molar-refractivity contribution is 5.75. The molecule has 0 spiro atoms. The van der Waals surface area contributed by atoms with Crippen molar-refractivity contribution in [3.8, 4) is 11.5 Å². The molecule has 0 aliphatic heterocycles. The predicted molar refractivity (Wildman–Crippen MR) is 69.7 cm³/mol. The van der Waals surface area contributed by atoms with Crippen molar-refractivity contribution in [3.63, 3.8) is 0 Å². The molecule has 0 unspecified atom stereocenters. The molecule has 18 heavy (non-hydrogen) atoms. The number of aliphatic carboxylic acids is 1. The highest BCUT2D eigenvalue weighted by atomic mass is 16.5. The Bertz CT molecular complexity index is 406. The predicted octanol–water partition coefficient (Wildman–Crippen LogP) is 2.00. The van der Waals surface area contributed by atoms with Crippen molar-refractivity contribution in [2.24, 2.45) is 0 Å². The summed E-state index contributed by atoms with van der Waals surface area (Å²) in [5.41, 5.74) is 0.766. The van der Waals surface area contributed by atoms with Crippen LogP contribution in [0.4, 0.5) is 5.69 Å². The molecule has 0 saturated carbocycles. The number of hydrogen-bond acceptors (Lipinski definition) is 4. The fourth-order valence-electron chi connectivity index (χ4n) is 1.76. The number of ether oxygens (including phenoxy) is 2. The van der Waals surface area contributed by atoms with Crippen LogP contribution in [0.2, 0.25) is 0 Å². The van der Waals surface area contributed by atoms with Crippen LogP contribution < -0.4 is 14.4 Å². The molecule has 0 fully saturated rings. The van der Waals surface area contributed by atoms with Gasteiger partial charge in [-0.3, -0.25) is 4.79 Å². The van der Waals surface area contributed by atoms with Crippen molar-refractivity contribution in [1.82, 2.24) is 0 Å². The molecule has 0 aliphatic carbocycles. The summed E-state index contributed by atoms with van der Waals surface area (Å²) < 4.78 is 10.4. The van der Waals surface area contributed by atoms with E-state index in [9.17, 15) is 4.79 Å². The Morgan fingerprint density at radius 1 is 1.33 bits per heavy atom. The second-order valence-electron chi connectivity index (χ2n) is 3.85. The number of methoxy groups -OCH3 is 2. The number of nitrogens with zero attached hydrogens (tertiary/aromatic N) is 1. The van der Waals surface area contributed by atoms with Crippen LogP contribution in [-0.4, -0.2) is 38.4 Å². The van der Waals surface area contributed by atoms with Crippen LogP contribution in [0.25, 0.3) is 0 Å². The molecule has 5 nitrogen and oxygen atoms in total. The third-order valence-corrected chi connectivity index (χ3v) is 2.55. The van der Waals surface area contributed by atoms with Gasteiger partial charge in [0.25, 0.3) is 0 Å². The van der Waals surface area contributed by atoms with Crippen LogP contribution in [0.15, 0.2) is 18.2 Å². The van der Waals surface area contributed by atoms with Crippen molar-refractivity contribution in [1.29, 1.82) is 0 Å². The van der Waals surface area contributed by atoms with Crippen molar-refractivity contribution in [2.45, 2.75) is 13.3 Å². The number of hydrogen-bond donors (Lipinski definition) is 1. The molecule has 0 amide bonds. The molecule has 100 valence electrons. The first kappa shape index (κ1) is 14.2. The molecular formula is C13H19NO4.